The van der Waals surface area contributed by atoms with Crippen LogP contribution in [0.3, 0.4) is 0 Å². The van der Waals surface area contributed by atoms with Crippen LogP contribution in [0.5, 0.6) is 0 Å². The number of nitrogens with zero attached hydrogens (tertiary/aromatic N) is 1. The Kier molecular flexibility index (Phi) is 7.21. The van der Waals surface area contributed by atoms with Gasteiger partial charge in [0.15, 0.2) is 0 Å². The highest BCUT2D eigenvalue weighted by Crippen LogP contribution is 2.16. The first-order valence-corrected chi connectivity index (χ1v) is 6.93. The van der Waals surface area contributed by atoms with Gasteiger partial charge >= 0.3 is 0 Å². The summed E-state index contributed by atoms with van der Waals surface area (Å²) in [5, 5.41) is 6.12. The van der Waals surface area contributed by atoms with Crippen molar-refractivity contribution >= 4 is 5.91 Å². The van der Waals surface area contributed by atoms with Crippen molar-refractivity contribution in [3.8, 4) is 0 Å². The van der Waals surface area contributed by atoms with E-state index in [0.717, 1.165) is 26.1 Å². The lowest BCUT2D eigenvalue weighted by atomic mass is 10.0. The second-order valence-electron chi connectivity index (χ2n) is 4.77. The number of hydrogen-bond acceptors (Lipinski definition) is 3. The first kappa shape index (κ1) is 14.5. The van der Waals surface area contributed by atoms with Gasteiger partial charge in [-0.15, -0.1) is 0 Å². The first-order chi connectivity index (χ1) is 8.27. The van der Waals surface area contributed by atoms with Crippen LogP contribution in [0.25, 0.3) is 0 Å². The molecule has 1 aliphatic rings. The van der Waals surface area contributed by atoms with Crippen molar-refractivity contribution in [2.24, 2.45) is 0 Å². The lowest BCUT2D eigenvalue weighted by molar-refractivity contribution is -0.120. The Morgan fingerprint density at radius 1 is 1.41 bits per heavy atom. The number of rotatable bonds is 7. The summed E-state index contributed by atoms with van der Waals surface area (Å²) in [4.78, 5) is 13.7. The van der Waals surface area contributed by atoms with Crippen molar-refractivity contribution in [1.29, 1.82) is 0 Å². The lowest BCUT2D eigenvalue weighted by Crippen LogP contribution is -2.45. The molecule has 0 aliphatic carbocycles. The summed E-state index contributed by atoms with van der Waals surface area (Å²) >= 11 is 0. The predicted octanol–water partition coefficient (Wildman–Crippen LogP) is 0.977. The standard InChI is InChI=1S/C13H27N3O/c1-3-15-11-12-7-4-5-9-16(12)10-6-8-13(17)14-2/h12,15H,3-11H2,1-2H3,(H,14,17). The third kappa shape index (κ3) is 5.50. The Morgan fingerprint density at radius 2 is 2.24 bits per heavy atom. The van der Waals surface area contributed by atoms with Crippen molar-refractivity contribution in [3.63, 3.8) is 0 Å². The molecule has 0 radical (unpaired) electrons. The van der Waals surface area contributed by atoms with Crippen LogP contribution in [0.15, 0.2) is 0 Å². The number of carbonyl (C=O) groups excluding carboxylic acids is 1. The highest BCUT2D eigenvalue weighted by molar-refractivity contribution is 5.75. The number of carbonyl (C=O) groups is 1. The van der Waals surface area contributed by atoms with Crippen LogP contribution in [-0.4, -0.2) is 50.1 Å². The number of nitrogens with one attached hydrogen (secondary N) is 2. The summed E-state index contributed by atoms with van der Waals surface area (Å²) in [6.45, 7) is 6.55. The van der Waals surface area contributed by atoms with Crippen molar-refractivity contribution in [1.82, 2.24) is 15.5 Å². The van der Waals surface area contributed by atoms with Gasteiger partial charge in [0.25, 0.3) is 0 Å². The summed E-state index contributed by atoms with van der Waals surface area (Å²) in [7, 11) is 1.71. The predicted molar refractivity (Wildman–Crippen MR) is 71.1 cm³/mol. The molecule has 1 heterocycles. The summed E-state index contributed by atoms with van der Waals surface area (Å²) in [6.07, 6.45) is 5.58. The number of hydrogen-bond donors (Lipinski definition) is 2. The molecular formula is C13H27N3O. The monoisotopic (exact) mass is 241 g/mol. The molecule has 0 spiro atoms. The summed E-state index contributed by atoms with van der Waals surface area (Å²) in [5.74, 6) is 0.158. The molecule has 1 rings (SSSR count). The molecule has 1 aliphatic heterocycles. The summed E-state index contributed by atoms with van der Waals surface area (Å²) in [6, 6.07) is 0.674. The molecule has 17 heavy (non-hydrogen) atoms. The molecular weight excluding hydrogens is 214 g/mol. The second-order valence-corrected chi connectivity index (χ2v) is 4.77. The third-order valence-corrected chi connectivity index (χ3v) is 3.51. The zero-order valence-electron chi connectivity index (χ0n) is 11.3. The van der Waals surface area contributed by atoms with E-state index in [1.165, 1.54) is 25.8 Å². The molecule has 1 saturated heterocycles. The van der Waals surface area contributed by atoms with E-state index in [9.17, 15) is 4.79 Å². The van der Waals surface area contributed by atoms with Gasteiger partial charge in [0.1, 0.15) is 0 Å². The van der Waals surface area contributed by atoms with Gasteiger partial charge in [-0.1, -0.05) is 13.3 Å². The largest absolute Gasteiger partial charge is 0.359 e. The lowest BCUT2D eigenvalue weighted by Gasteiger charge is -2.35. The number of likely N-dealkylation sites (N-methyl/N-ethyl adjacent to an activating group) is 1. The van der Waals surface area contributed by atoms with Gasteiger partial charge in [0.05, 0.1) is 0 Å². The van der Waals surface area contributed by atoms with Gasteiger partial charge in [0.2, 0.25) is 5.91 Å². The third-order valence-electron chi connectivity index (χ3n) is 3.51. The zero-order valence-corrected chi connectivity index (χ0v) is 11.3. The van der Waals surface area contributed by atoms with Crippen LogP contribution < -0.4 is 10.6 Å². The molecule has 2 N–H and O–H groups in total. The maximum absolute atomic E-state index is 11.2. The molecule has 0 aromatic heterocycles. The van der Waals surface area contributed by atoms with Gasteiger partial charge < -0.3 is 10.6 Å². The highest BCUT2D eigenvalue weighted by Gasteiger charge is 2.21. The Balaban J connectivity index is 2.24. The van der Waals surface area contributed by atoms with Crippen LogP contribution in [0, 0.1) is 0 Å². The molecule has 1 amide bonds. The van der Waals surface area contributed by atoms with E-state index < -0.39 is 0 Å². The van der Waals surface area contributed by atoms with E-state index in [0.29, 0.717) is 12.5 Å². The van der Waals surface area contributed by atoms with E-state index in [4.69, 9.17) is 0 Å². The van der Waals surface area contributed by atoms with Crippen molar-refractivity contribution in [3.05, 3.63) is 0 Å². The normalized spacial score (nSPS) is 21.4. The van der Waals surface area contributed by atoms with Crippen LogP contribution >= 0.6 is 0 Å². The maximum Gasteiger partial charge on any atom is 0.219 e. The fourth-order valence-electron chi connectivity index (χ4n) is 2.46. The van der Waals surface area contributed by atoms with E-state index >= 15 is 0 Å². The average Bonchev–Trinajstić information content (AvgIpc) is 2.37. The van der Waals surface area contributed by atoms with Gasteiger partial charge in [-0.3, -0.25) is 9.69 Å². The van der Waals surface area contributed by atoms with Gasteiger partial charge in [0, 0.05) is 26.1 Å². The van der Waals surface area contributed by atoms with Gasteiger partial charge in [-0.2, -0.15) is 0 Å². The molecule has 0 aromatic carbocycles. The molecule has 0 aromatic rings. The average molecular weight is 241 g/mol. The molecule has 0 bridgehead atoms. The van der Waals surface area contributed by atoms with Crippen molar-refractivity contribution < 1.29 is 4.79 Å². The number of piperidine rings is 1. The van der Waals surface area contributed by atoms with Crippen molar-refractivity contribution in [2.75, 3.05) is 33.2 Å². The number of amides is 1. The highest BCUT2D eigenvalue weighted by atomic mass is 16.1. The van der Waals surface area contributed by atoms with Gasteiger partial charge in [-0.25, -0.2) is 0 Å². The van der Waals surface area contributed by atoms with Gasteiger partial charge in [-0.05, 0) is 38.9 Å². The molecule has 4 heteroatoms. The molecule has 1 unspecified atom stereocenters. The van der Waals surface area contributed by atoms with Crippen LogP contribution in [-0.2, 0) is 4.79 Å². The fourth-order valence-corrected chi connectivity index (χ4v) is 2.46. The van der Waals surface area contributed by atoms with E-state index in [1.807, 2.05) is 0 Å². The Hall–Kier alpha value is -0.610. The molecule has 100 valence electrons. The molecule has 4 nitrogen and oxygen atoms in total. The molecule has 1 fully saturated rings. The minimum Gasteiger partial charge on any atom is -0.359 e. The van der Waals surface area contributed by atoms with E-state index in [1.54, 1.807) is 7.05 Å². The Labute approximate surface area is 105 Å². The summed E-state index contributed by atoms with van der Waals surface area (Å²) in [5.41, 5.74) is 0. The molecule has 0 saturated carbocycles. The Morgan fingerprint density at radius 3 is 2.94 bits per heavy atom. The smallest absolute Gasteiger partial charge is 0.219 e. The number of likely N-dealkylation sites (tertiary alicyclic amines) is 1. The zero-order chi connectivity index (χ0) is 12.5. The quantitative estimate of drug-likeness (QED) is 0.698. The van der Waals surface area contributed by atoms with Crippen LogP contribution in [0.1, 0.15) is 39.0 Å². The van der Waals surface area contributed by atoms with E-state index in [-0.39, 0.29) is 5.91 Å². The topological polar surface area (TPSA) is 44.4 Å². The SMILES string of the molecule is CCNCC1CCCCN1CCCC(=O)NC. The van der Waals surface area contributed by atoms with Crippen LogP contribution in [0.2, 0.25) is 0 Å². The minimum atomic E-state index is 0.158. The Bertz CT molecular complexity index is 221. The molecule has 1 atom stereocenters. The second kappa shape index (κ2) is 8.48. The maximum atomic E-state index is 11.2. The minimum absolute atomic E-state index is 0.158. The van der Waals surface area contributed by atoms with E-state index in [2.05, 4.69) is 22.5 Å². The fraction of sp³-hybridized carbons (Fsp3) is 0.923. The van der Waals surface area contributed by atoms with Crippen LogP contribution in [0.4, 0.5) is 0 Å². The van der Waals surface area contributed by atoms with Crippen molar-refractivity contribution in [2.45, 2.75) is 45.1 Å². The first-order valence-electron chi connectivity index (χ1n) is 6.93. The summed E-state index contributed by atoms with van der Waals surface area (Å²) < 4.78 is 0.